The zero-order valence-corrected chi connectivity index (χ0v) is 11.1. The summed E-state index contributed by atoms with van der Waals surface area (Å²) in [6.07, 6.45) is 0. The first-order chi connectivity index (χ1) is 9.13. The molecule has 0 saturated carbocycles. The van der Waals surface area contributed by atoms with Crippen molar-refractivity contribution < 1.29 is 9.90 Å². The van der Waals surface area contributed by atoms with Gasteiger partial charge < -0.3 is 10.0 Å². The van der Waals surface area contributed by atoms with E-state index in [4.69, 9.17) is 0 Å². The van der Waals surface area contributed by atoms with Gasteiger partial charge in [0.05, 0.1) is 5.69 Å². The van der Waals surface area contributed by atoms with Gasteiger partial charge in [-0.25, -0.2) is 0 Å². The lowest BCUT2D eigenvalue weighted by molar-refractivity contribution is -0.116. The Morgan fingerprint density at radius 2 is 1.79 bits per heavy atom. The highest BCUT2D eigenvalue weighted by Crippen LogP contribution is 2.32. The molecule has 0 fully saturated rings. The topological polar surface area (TPSA) is 40.5 Å². The molecule has 2 aromatic rings. The molecule has 0 aliphatic rings. The van der Waals surface area contributed by atoms with E-state index in [0.717, 1.165) is 11.1 Å². The highest BCUT2D eigenvalue weighted by molar-refractivity contribution is 5.94. The summed E-state index contributed by atoms with van der Waals surface area (Å²) in [4.78, 5) is 13.1. The first kappa shape index (κ1) is 13.1. The molecular weight excluding hydrogens is 238 g/mol. The Bertz CT molecular complexity index is 579. The average Bonchev–Trinajstić information content (AvgIpc) is 2.42. The van der Waals surface area contributed by atoms with Crippen LogP contribution in [-0.4, -0.2) is 17.6 Å². The largest absolute Gasteiger partial charge is 0.506 e. The number of phenolic OH excluding ortho intramolecular Hbond substituents is 1. The van der Waals surface area contributed by atoms with Crippen LogP contribution in [0.1, 0.15) is 13.8 Å². The van der Waals surface area contributed by atoms with Crippen LogP contribution >= 0.6 is 0 Å². The van der Waals surface area contributed by atoms with Gasteiger partial charge >= 0.3 is 0 Å². The van der Waals surface area contributed by atoms with E-state index in [0.29, 0.717) is 12.2 Å². The molecule has 98 valence electrons. The Kier molecular flexibility index (Phi) is 3.85. The van der Waals surface area contributed by atoms with Crippen LogP contribution in [0, 0.1) is 0 Å². The molecule has 0 bridgehead atoms. The Morgan fingerprint density at radius 3 is 2.37 bits per heavy atom. The molecule has 2 rings (SSSR count). The summed E-state index contributed by atoms with van der Waals surface area (Å²) in [7, 11) is 0. The molecule has 0 heterocycles. The fourth-order valence-electron chi connectivity index (χ4n) is 2.11. The summed E-state index contributed by atoms with van der Waals surface area (Å²) in [5.41, 5.74) is 2.59. The van der Waals surface area contributed by atoms with Crippen molar-refractivity contribution in [2.75, 3.05) is 11.4 Å². The second-order valence-corrected chi connectivity index (χ2v) is 4.33. The van der Waals surface area contributed by atoms with Crippen LogP contribution in [0.3, 0.4) is 0 Å². The molecular formula is C16H17NO2. The SMILES string of the molecule is CCN(C(C)=O)c1cc(-c2ccccc2)ccc1O. The predicted octanol–water partition coefficient (Wildman–Crippen LogP) is 3.43. The van der Waals surface area contributed by atoms with Crippen molar-refractivity contribution in [1.29, 1.82) is 0 Å². The number of carbonyl (C=O) groups is 1. The molecule has 0 aromatic heterocycles. The Morgan fingerprint density at radius 1 is 1.11 bits per heavy atom. The minimum Gasteiger partial charge on any atom is -0.506 e. The van der Waals surface area contributed by atoms with Gasteiger partial charge in [0.25, 0.3) is 0 Å². The van der Waals surface area contributed by atoms with Gasteiger partial charge in [0.1, 0.15) is 5.75 Å². The summed E-state index contributed by atoms with van der Waals surface area (Å²) in [6, 6.07) is 15.2. The van der Waals surface area contributed by atoms with Gasteiger partial charge in [0.15, 0.2) is 0 Å². The van der Waals surface area contributed by atoms with Crippen molar-refractivity contribution in [2.24, 2.45) is 0 Å². The van der Waals surface area contributed by atoms with E-state index in [1.54, 1.807) is 11.0 Å². The van der Waals surface area contributed by atoms with Crippen molar-refractivity contribution in [2.45, 2.75) is 13.8 Å². The van der Waals surface area contributed by atoms with Crippen molar-refractivity contribution in [3.05, 3.63) is 48.5 Å². The number of aromatic hydroxyl groups is 1. The molecule has 0 aliphatic heterocycles. The lowest BCUT2D eigenvalue weighted by Crippen LogP contribution is -2.27. The maximum Gasteiger partial charge on any atom is 0.223 e. The molecule has 3 heteroatoms. The van der Waals surface area contributed by atoms with Gasteiger partial charge in [-0.3, -0.25) is 4.79 Å². The monoisotopic (exact) mass is 255 g/mol. The number of benzene rings is 2. The van der Waals surface area contributed by atoms with Crippen molar-refractivity contribution >= 4 is 11.6 Å². The van der Waals surface area contributed by atoms with Gasteiger partial charge in [-0.05, 0) is 30.2 Å². The number of carbonyl (C=O) groups excluding carboxylic acids is 1. The second-order valence-electron chi connectivity index (χ2n) is 4.33. The minimum atomic E-state index is -0.0805. The normalized spacial score (nSPS) is 10.2. The van der Waals surface area contributed by atoms with Crippen molar-refractivity contribution in [3.63, 3.8) is 0 Å². The van der Waals surface area contributed by atoms with E-state index >= 15 is 0 Å². The van der Waals surface area contributed by atoms with Crippen LogP contribution in [0.5, 0.6) is 5.75 Å². The lowest BCUT2D eigenvalue weighted by Gasteiger charge is -2.21. The summed E-state index contributed by atoms with van der Waals surface area (Å²) in [6.45, 7) is 3.91. The first-order valence-electron chi connectivity index (χ1n) is 6.30. The minimum absolute atomic E-state index is 0.0805. The summed E-state index contributed by atoms with van der Waals surface area (Å²) in [5.74, 6) is 0.0414. The van der Waals surface area contributed by atoms with Crippen molar-refractivity contribution in [1.82, 2.24) is 0 Å². The number of phenols is 1. The number of amides is 1. The molecule has 2 aromatic carbocycles. The maximum atomic E-state index is 11.6. The lowest BCUT2D eigenvalue weighted by atomic mass is 10.0. The van der Waals surface area contributed by atoms with E-state index in [1.807, 2.05) is 49.4 Å². The molecule has 0 atom stereocenters. The zero-order chi connectivity index (χ0) is 13.8. The van der Waals surface area contributed by atoms with Gasteiger partial charge in [0, 0.05) is 13.5 Å². The molecule has 1 amide bonds. The van der Waals surface area contributed by atoms with Crippen LogP contribution in [0.4, 0.5) is 5.69 Å². The van der Waals surface area contributed by atoms with E-state index in [1.165, 1.54) is 6.92 Å². The highest BCUT2D eigenvalue weighted by Gasteiger charge is 2.14. The van der Waals surface area contributed by atoms with E-state index in [2.05, 4.69) is 0 Å². The Hall–Kier alpha value is -2.29. The van der Waals surface area contributed by atoms with E-state index in [9.17, 15) is 9.90 Å². The third kappa shape index (κ3) is 2.76. The predicted molar refractivity (Wildman–Crippen MR) is 77.2 cm³/mol. The van der Waals surface area contributed by atoms with Crippen LogP contribution in [0.15, 0.2) is 48.5 Å². The molecule has 19 heavy (non-hydrogen) atoms. The number of hydrogen-bond acceptors (Lipinski definition) is 2. The fraction of sp³-hybridized carbons (Fsp3) is 0.188. The molecule has 3 nitrogen and oxygen atoms in total. The molecule has 0 saturated heterocycles. The quantitative estimate of drug-likeness (QED) is 0.912. The van der Waals surface area contributed by atoms with E-state index in [-0.39, 0.29) is 11.7 Å². The number of nitrogens with zero attached hydrogens (tertiary/aromatic N) is 1. The zero-order valence-electron chi connectivity index (χ0n) is 11.1. The van der Waals surface area contributed by atoms with Gasteiger partial charge in [-0.1, -0.05) is 36.4 Å². The standard InChI is InChI=1S/C16H17NO2/c1-3-17(12(2)18)15-11-14(9-10-16(15)19)13-7-5-4-6-8-13/h4-11,19H,3H2,1-2H3. The highest BCUT2D eigenvalue weighted by atomic mass is 16.3. The number of hydrogen-bond donors (Lipinski definition) is 1. The van der Waals surface area contributed by atoms with Gasteiger partial charge in [0.2, 0.25) is 5.91 Å². The molecule has 0 aliphatic carbocycles. The van der Waals surface area contributed by atoms with Crippen molar-refractivity contribution in [3.8, 4) is 16.9 Å². The van der Waals surface area contributed by atoms with Crippen LogP contribution in [0.2, 0.25) is 0 Å². The smallest absolute Gasteiger partial charge is 0.223 e. The van der Waals surface area contributed by atoms with E-state index < -0.39 is 0 Å². The third-order valence-corrected chi connectivity index (χ3v) is 3.07. The summed E-state index contributed by atoms with van der Waals surface area (Å²) < 4.78 is 0. The fourth-order valence-corrected chi connectivity index (χ4v) is 2.11. The Balaban J connectivity index is 2.48. The molecule has 0 unspecified atom stereocenters. The first-order valence-corrected chi connectivity index (χ1v) is 6.30. The van der Waals surface area contributed by atoms with Gasteiger partial charge in [-0.2, -0.15) is 0 Å². The van der Waals surface area contributed by atoms with Crippen LogP contribution in [-0.2, 0) is 4.79 Å². The summed E-state index contributed by atoms with van der Waals surface area (Å²) in [5, 5.41) is 9.94. The molecule has 1 N–H and O–H groups in total. The number of anilines is 1. The average molecular weight is 255 g/mol. The summed E-state index contributed by atoms with van der Waals surface area (Å²) >= 11 is 0. The van der Waals surface area contributed by atoms with Gasteiger partial charge in [-0.15, -0.1) is 0 Å². The maximum absolute atomic E-state index is 11.6. The second kappa shape index (κ2) is 5.57. The Labute approximate surface area is 113 Å². The molecule has 0 spiro atoms. The van der Waals surface area contributed by atoms with Crippen LogP contribution < -0.4 is 4.90 Å². The molecule has 0 radical (unpaired) electrons. The van der Waals surface area contributed by atoms with Crippen LogP contribution in [0.25, 0.3) is 11.1 Å². The third-order valence-electron chi connectivity index (χ3n) is 3.07. The number of rotatable bonds is 3.